The van der Waals surface area contributed by atoms with E-state index in [4.69, 9.17) is 5.11 Å². The molecule has 0 unspecified atom stereocenters. The van der Waals surface area contributed by atoms with Gasteiger partial charge in [0.05, 0.1) is 11.4 Å². The predicted molar refractivity (Wildman–Crippen MR) is 67.6 cm³/mol. The minimum absolute atomic E-state index is 0.159. The third kappa shape index (κ3) is 2.79. The maximum Gasteiger partial charge on any atom is 0.235 e. The number of sulfonamides is 1. The molecule has 1 aliphatic heterocycles. The van der Waals surface area contributed by atoms with E-state index in [-0.39, 0.29) is 12.4 Å². The predicted octanol–water partition coefficient (Wildman–Crippen LogP) is 1.15. The molecule has 4 nitrogen and oxygen atoms in total. The van der Waals surface area contributed by atoms with Gasteiger partial charge in [0.25, 0.3) is 0 Å². The minimum Gasteiger partial charge on any atom is -0.396 e. The van der Waals surface area contributed by atoms with Crippen molar-refractivity contribution in [1.82, 2.24) is 0 Å². The molecule has 1 fully saturated rings. The number of nitrogens with zero attached hydrogens (tertiary/aromatic N) is 1. The van der Waals surface area contributed by atoms with Crippen LogP contribution in [-0.4, -0.2) is 32.4 Å². The summed E-state index contributed by atoms with van der Waals surface area (Å²) in [5, 5.41) is 8.79. The molecule has 1 N–H and O–H groups in total. The van der Waals surface area contributed by atoms with Crippen LogP contribution in [0, 0.1) is 0 Å². The molecule has 0 atom stereocenters. The summed E-state index contributed by atoms with van der Waals surface area (Å²) in [6.07, 6.45) is 2.18. The number of hydrogen-bond donors (Lipinski definition) is 1. The largest absolute Gasteiger partial charge is 0.396 e. The van der Waals surface area contributed by atoms with Crippen molar-refractivity contribution in [3.63, 3.8) is 0 Å². The fourth-order valence-corrected chi connectivity index (χ4v) is 3.64. The van der Waals surface area contributed by atoms with Crippen molar-refractivity contribution in [2.24, 2.45) is 0 Å². The zero-order valence-electron chi connectivity index (χ0n) is 9.67. The zero-order chi connectivity index (χ0) is 12.3. The molecule has 0 radical (unpaired) electrons. The number of aliphatic hydroxyl groups excluding tert-OH is 1. The second-order valence-corrected chi connectivity index (χ2v) is 6.25. The van der Waals surface area contributed by atoms with Gasteiger partial charge in [-0.3, -0.25) is 4.31 Å². The van der Waals surface area contributed by atoms with E-state index in [0.29, 0.717) is 19.4 Å². The lowest BCUT2D eigenvalue weighted by molar-refractivity contribution is 0.288. The Morgan fingerprint density at radius 2 is 2.18 bits per heavy atom. The van der Waals surface area contributed by atoms with Gasteiger partial charge in [0.2, 0.25) is 10.0 Å². The molecule has 0 saturated carbocycles. The highest BCUT2D eigenvalue weighted by Crippen LogP contribution is 2.24. The summed E-state index contributed by atoms with van der Waals surface area (Å²) in [6, 6.07) is 7.56. The van der Waals surface area contributed by atoms with Crippen molar-refractivity contribution in [1.29, 1.82) is 0 Å². The van der Waals surface area contributed by atoms with Gasteiger partial charge in [-0.2, -0.15) is 0 Å². The van der Waals surface area contributed by atoms with Gasteiger partial charge in [-0.25, -0.2) is 8.42 Å². The molecule has 5 heteroatoms. The van der Waals surface area contributed by atoms with Crippen molar-refractivity contribution in [3.8, 4) is 0 Å². The van der Waals surface area contributed by atoms with E-state index >= 15 is 0 Å². The van der Waals surface area contributed by atoms with Gasteiger partial charge in [-0.05, 0) is 37.0 Å². The summed E-state index contributed by atoms with van der Waals surface area (Å²) in [5.41, 5.74) is 1.82. The first-order chi connectivity index (χ1) is 8.13. The van der Waals surface area contributed by atoms with Crippen molar-refractivity contribution >= 4 is 15.7 Å². The SMILES string of the molecule is O=S1(=O)CCCN1c1cccc(CCCO)c1. The maximum absolute atomic E-state index is 11.8. The lowest BCUT2D eigenvalue weighted by atomic mass is 10.1. The van der Waals surface area contributed by atoms with E-state index in [2.05, 4.69) is 0 Å². The van der Waals surface area contributed by atoms with Crippen LogP contribution >= 0.6 is 0 Å². The van der Waals surface area contributed by atoms with Gasteiger partial charge in [0, 0.05) is 13.2 Å². The summed E-state index contributed by atoms with van der Waals surface area (Å²) in [5.74, 6) is 0.244. The molecule has 0 amide bonds. The third-order valence-corrected chi connectivity index (χ3v) is 4.79. The maximum atomic E-state index is 11.8. The molecule has 17 heavy (non-hydrogen) atoms. The molecule has 1 aromatic carbocycles. The van der Waals surface area contributed by atoms with E-state index < -0.39 is 10.0 Å². The van der Waals surface area contributed by atoms with Crippen LogP contribution in [0.2, 0.25) is 0 Å². The van der Waals surface area contributed by atoms with Crippen molar-refractivity contribution in [3.05, 3.63) is 29.8 Å². The van der Waals surface area contributed by atoms with Gasteiger partial charge in [-0.1, -0.05) is 12.1 Å². The highest BCUT2D eigenvalue weighted by Gasteiger charge is 2.28. The van der Waals surface area contributed by atoms with E-state index in [0.717, 1.165) is 17.7 Å². The third-order valence-electron chi connectivity index (χ3n) is 2.92. The normalized spacial score (nSPS) is 18.5. The van der Waals surface area contributed by atoms with Crippen LogP contribution < -0.4 is 4.31 Å². The molecular formula is C12H17NO3S. The molecule has 94 valence electrons. The van der Waals surface area contributed by atoms with Crippen molar-refractivity contribution in [2.75, 3.05) is 23.2 Å². The fourth-order valence-electron chi connectivity index (χ4n) is 2.08. The van der Waals surface area contributed by atoms with Crippen molar-refractivity contribution in [2.45, 2.75) is 19.3 Å². The van der Waals surface area contributed by atoms with Crippen LogP contribution in [0.1, 0.15) is 18.4 Å². The Morgan fingerprint density at radius 3 is 2.82 bits per heavy atom. The van der Waals surface area contributed by atoms with Crippen LogP contribution in [-0.2, 0) is 16.4 Å². The van der Waals surface area contributed by atoms with E-state index in [1.807, 2.05) is 24.3 Å². The number of aliphatic hydroxyl groups is 1. The van der Waals surface area contributed by atoms with E-state index in [1.54, 1.807) is 0 Å². The van der Waals surface area contributed by atoms with Crippen LogP contribution in [0.3, 0.4) is 0 Å². The Hall–Kier alpha value is -1.07. The lowest BCUT2D eigenvalue weighted by Crippen LogP contribution is -2.25. The summed E-state index contributed by atoms with van der Waals surface area (Å²) >= 11 is 0. The number of rotatable bonds is 4. The second-order valence-electron chi connectivity index (χ2n) is 4.24. The van der Waals surface area contributed by atoms with Crippen LogP contribution in [0.25, 0.3) is 0 Å². The molecule has 1 saturated heterocycles. The summed E-state index contributed by atoms with van der Waals surface area (Å²) < 4.78 is 25.0. The van der Waals surface area contributed by atoms with Crippen LogP contribution in [0.5, 0.6) is 0 Å². The Labute approximate surface area is 102 Å². The average molecular weight is 255 g/mol. The number of benzene rings is 1. The Balaban J connectivity index is 2.21. The zero-order valence-corrected chi connectivity index (χ0v) is 10.5. The average Bonchev–Trinajstić information content (AvgIpc) is 2.67. The molecule has 0 bridgehead atoms. The van der Waals surface area contributed by atoms with Gasteiger partial charge in [0.1, 0.15) is 0 Å². The standard InChI is InChI=1S/C12H17NO3S/c14-8-2-5-11-4-1-6-12(10-11)13-7-3-9-17(13,15)16/h1,4,6,10,14H,2-3,5,7-9H2. The van der Waals surface area contributed by atoms with Crippen LogP contribution in [0.15, 0.2) is 24.3 Å². The first-order valence-corrected chi connectivity index (χ1v) is 7.44. The Bertz CT molecular complexity index is 484. The summed E-state index contributed by atoms with van der Waals surface area (Å²) in [4.78, 5) is 0. The minimum atomic E-state index is -3.09. The van der Waals surface area contributed by atoms with Gasteiger partial charge in [-0.15, -0.1) is 0 Å². The van der Waals surface area contributed by atoms with Gasteiger partial charge in [0.15, 0.2) is 0 Å². The van der Waals surface area contributed by atoms with Crippen molar-refractivity contribution < 1.29 is 13.5 Å². The van der Waals surface area contributed by atoms with E-state index in [9.17, 15) is 8.42 Å². The molecule has 1 heterocycles. The first kappa shape index (κ1) is 12.4. The Morgan fingerprint density at radius 1 is 1.35 bits per heavy atom. The number of aryl methyl sites for hydroxylation is 1. The number of hydrogen-bond acceptors (Lipinski definition) is 3. The van der Waals surface area contributed by atoms with Crippen LogP contribution in [0.4, 0.5) is 5.69 Å². The molecule has 1 aliphatic rings. The highest BCUT2D eigenvalue weighted by atomic mass is 32.2. The Kier molecular flexibility index (Phi) is 3.69. The van der Waals surface area contributed by atoms with Gasteiger partial charge < -0.3 is 5.11 Å². The fraction of sp³-hybridized carbons (Fsp3) is 0.500. The molecule has 0 spiro atoms. The van der Waals surface area contributed by atoms with E-state index in [1.165, 1.54) is 4.31 Å². The molecule has 1 aromatic rings. The quantitative estimate of drug-likeness (QED) is 0.878. The highest BCUT2D eigenvalue weighted by molar-refractivity contribution is 7.93. The summed E-state index contributed by atoms with van der Waals surface area (Å²) in [6.45, 7) is 0.734. The topological polar surface area (TPSA) is 57.6 Å². The lowest BCUT2D eigenvalue weighted by Gasteiger charge is -2.17. The molecule has 2 rings (SSSR count). The number of anilines is 1. The molecular weight excluding hydrogens is 238 g/mol. The first-order valence-electron chi connectivity index (χ1n) is 5.84. The smallest absolute Gasteiger partial charge is 0.235 e. The van der Waals surface area contributed by atoms with Gasteiger partial charge >= 0.3 is 0 Å². The monoisotopic (exact) mass is 255 g/mol. The molecule has 0 aliphatic carbocycles. The second kappa shape index (κ2) is 5.06. The summed E-state index contributed by atoms with van der Waals surface area (Å²) in [7, 11) is -3.09. The molecule has 0 aromatic heterocycles.